The van der Waals surface area contributed by atoms with Crippen LogP contribution in [0.5, 0.6) is 51.7 Å². The second-order valence-corrected chi connectivity index (χ2v) is 29.7. The summed E-state index contributed by atoms with van der Waals surface area (Å²) in [5, 5.41) is 9.87. The molecule has 5 aromatic carbocycles. The number of rotatable bonds is 38. The highest BCUT2D eigenvalue weighted by Gasteiger charge is 2.52. The van der Waals surface area contributed by atoms with Crippen molar-refractivity contribution in [2.45, 2.75) is 389 Å². The van der Waals surface area contributed by atoms with Crippen LogP contribution in [0.1, 0.15) is 378 Å². The normalized spacial score (nSPS) is 18.4. The van der Waals surface area contributed by atoms with Gasteiger partial charge in [-0.1, -0.05) is 212 Å². The smallest absolute Gasteiger partial charge is 0.197 e. The van der Waals surface area contributed by atoms with Crippen molar-refractivity contribution < 1.29 is 71.4 Å². The lowest BCUT2D eigenvalue weighted by Crippen LogP contribution is -2.52. The molecule has 5 aromatic rings. The predicted molar refractivity (Wildman–Crippen MR) is 494 cm³/mol. The molecule has 5 aliphatic rings. The summed E-state index contributed by atoms with van der Waals surface area (Å²) >= 11 is 0. The summed E-state index contributed by atoms with van der Waals surface area (Å²) in [6.07, 6.45) is 20.3. The number of aryl methyl sites for hydroxylation is 1. The molecule has 0 heterocycles. The third-order valence-electron chi connectivity index (χ3n) is 21.7. The van der Waals surface area contributed by atoms with Gasteiger partial charge in [-0.25, -0.2) is 0 Å². The lowest BCUT2D eigenvalue weighted by molar-refractivity contribution is -0.190. The van der Waals surface area contributed by atoms with Crippen molar-refractivity contribution >= 4 is 0 Å². The zero-order chi connectivity index (χ0) is 77.0. The molecule has 10 atom stereocenters. The largest absolute Gasteiger partial charge is 0.504 e. The molecule has 4 bridgehead atoms. The number of methoxy groups -OCH3 is 2. The molecule has 5 fully saturated rings. The average Bonchev–Trinajstić information content (AvgIpc) is 0.751. The van der Waals surface area contributed by atoms with Gasteiger partial charge in [-0.3, -0.25) is 0 Å². The van der Waals surface area contributed by atoms with E-state index in [-0.39, 0.29) is 117 Å². The van der Waals surface area contributed by atoms with Gasteiger partial charge in [0.15, 0.2) is 84.2 Å². The van der Waals surface area contributed by atoms with Crippen LogP contribution in [0.3, 0.4) is 0 Å². The van der Waals surface area contributed by atoms with E-state index in [0.29, 0.717) is 80.1 Å². The van der Waals surface area contributed by atoms with Crippen molar-refractivity contribution in [2.75, 3.05) is 54.0 Å². The monoisotopic (exact) mass is 1620 g/mol. The van der Waals surface area contributed by atoms with E-state index in [1.54, 1.807) is 26.4 Å². The van der Waals surface area contributed by atoms with Crippen LogP contribution in [0.15, 0.2) is 91.0 Å². The Morgan fingerprint density at radius 2 is 0.661 bits per heavy atom. The molecule has 15 heteroatoms. The molecule has 0 amide bonds. The van der Waals surface area contributed by atoms with Crippen LogP contribution in [0.25, 0.3) is 0 Å². The van der Waals surface area contributed by atoms with E-state index in [4.69, 9.17) is 66.3 Å². The van der Waals surface area contributed by atoms with E-state index in [1.165, 1.54) is 111 Å². The Balaban J connectivity index is -0.000000318. The Morgan fingerprint density at radius 1 is 0.357 bits per heavy atom. The maximum atomic E-state index is 9.87. The molecular formula is C100H182O15. The van der Waals surface area contributed by atoms with Gasteiger partial charge in [-0.05, 0) is 288 Å². The first kappa shape index (κ1) is 120. The fourth-order valence-corrected chi connectivity index (χ4v) is 14.8. The van der Waals surface area contributed by atoms with Gasteiger partial charge in [0.05, 0.1) is 26.4 Å². The van der Waals surface area contributed by atoms with Crippen LogP contribution < -0.4 is 37.9 Å². The SMILES string of the molecule is C.C.C.C.C.C.C.C.C.C.CCC(C)c1ccc(OC(C)OCCC2CCCCC2)c(C)c1.CCC(C)c1ccc(OCOC23CC4CC(CC(C4)C2)C3)c(OC)c1.CCOC(C)Oc1ccc(C(C)CC)cc1O.CCOC(C)Oc1ccc(C(C)CC)cc1OC.CCOC(C)Oc1ccc(C(C)CC)cc1OC(C)OCC. The third-order valence-corrected chi connectivity index (χ3v) is 21.7. The van der Waals surface area contributed by atoms with Crippen LogP contribution in [0, 0.1) is 30.6 Å². The van der Waals surface area contributed by atoms with Crippen LogP contribution in [0.4, 0.5) is 0 Å². The van der Waals surface area contributed by atoms with Crippen LogP contribution in [-0.2, 0) is 28.4 Å². The predicted octanol–water partition coefficient (Wildman–Crippen LogP) is 30.5. The Bertz CT molecular complexity index is 3150. The van der Waals surface area contributed by atoms with Crippen LogP contribution in [0.2, 0.25) is 0 Å². The van der Waals surface area contributed by atoms with Gasteiger partial charge in [0.25, 0.3) is 0 Å². The van der Waals surface area contributed by atoms with Gasteiger partial charge < -0.3 is 71.4 Å². The highest BCUT2D eigenvalue weighted by molar-refractivity contribution is 5.47. The minimum Gasteiger partial charge on any atom is -0.504 e. The van der Waals surface area contributed by atoms with Gasteiger partial charge in [0.2, 0.25) is 0 Å². The van der Waals surface area contributed by atoms with E-state index < -0.39 is 0 Å². The van der Waals surface area contributed by atoms with Crippen molar-refractivity contribution in [1.82, 2.24) is 0 Å². The lowest BCUT2D eigenvalue weighted by Gasteiger charge is -2.56. The minimum atomic E-state index is -0.347. The van der Waals surface area contributed by atoms with Crippen molar-refractivity contribution in [3.8, 4) is 51.7 Å². The summed E-state index contributed by atoms with van der Waals surface area (Å²) < 4.78 is 79.6. The van der Waals surface area contributed by atoms with Gasteiger partial charge in [0, 0.05) is 26.4 Å². The molecule has 10 rings (SSSR count). The Labute approximate surface area is 710 Å². The zero-order valence-corrected chi connectivity index (χ0v) is 69.2. The first-order valence-electron chi connectivity index (χ1n) is 40.5. The quantitative estimate of drug-likeness (QED) is 0.0373. The number of aromatic hydroxyl groups is 1. The van der Waals surface area contributed by atoms with Gasteiger partial charge in [0.1, 0.15) is 5.75 Å². The molecule has 5 saturated carbocycles. The minimum absolute atomic E-state index is 0. The fourth-order valence-electron chi connectivity index (χ4n) is 14.8. The second-order valence-electron chi connectivity index (χ2n) is 29.7. The Morgan fingerprint density at radius 3 is 1.03 bits per heavy atom. The van der Waals surface area contributed by atoms with Crippen molar-refractivity contribution in [2.24, 2.45) is 23.7 Å². The highest BCUT2D eigenvalue weighted by Crippen LogP contribution is 2.57. The Kier molecular flexibility index (Phi) is 66.8. The average molecular weight is 1620 g/mol. The van der Waals surface area contributed by atoms with Gasteiger partial charge in [-0.2, -0.15) is 0 Å². The molecule has 0 spiro atoms. The summed E-state index contributed by atoms with van der Waals surface area (Å²) in [6.45, 7) is 44.9. The molecule has 10 unspecified atom stereocenters. The zero-order valence-electron chi connectivity index (χ0n) is 69.2. The molecule has 0 aromatic heterocycles. The molecule has 672 valence electrons. The van der Waals surface area contributed by atoms with E-state index >= 15 is 0 Å². The molecule has 15 nitrogen and oxygen atoms in total. The first-order chi connectivity index (χ1) is 50.4. The molecule has 1 N–H and O–H groups in total. The lowest BCUT2D eigenvalue weighted by atomic mass is 9.54. The number of phenolic OH excluding ortho intramolecular Hbond substituents is 1. The van der Waals surface area contributed by atoms with Crippen LogP contribution in [-0.4, -0.2) is 96.2 Å². The van der Waals surface area contributed by atoms with Gasteiger partial charge >= 0.3 is 0 Å². The van der Waals surface area contributed by atoms with Crippen LogP contribution >= 0.6 is 0 Å². The summed E-state index contributed by atoms with van der Waals surface area (Å²) in [4.78, 5) is 0. The number of benzene rings is 5. The molecule has 0 radical (unpaired) electrons. The van der Waals surface area contributed by atoms with E-state index in [2.05, 4.69) is 119 Å². The summed E-state index contributed by atoms with van der Waals surface area (Å²) in [5.41, 5.74) is 7.62. The summed E-state index contributed by atoms with van der Waals surface area (Å²) in [5.74, 6) is 12.2. The third kappa shape index (κ3) is 40.6. The number of ether oxygens (including phenoxy) is 14. The summed E-state index contributed by atoms with van der Waals surface area (Å²) in [6, 6.07) is 30.5. The van der Waals surface area contributed by atoms with Crippen molar-refractivity contribution in [3.05, 3.63) is 124 Å². The molecule has 0 aliphatic heterocycles. The number of phenols is 1. The maximum absolute atomic E-state index is 9.87. The van der Waals surface area contributed by atoms with Gasteiger partial charge in [-0.15, -0.1) is 0 Å². The van der Waals surface area contributed by atoms with E-state index in [0.717, 1.165) is 90.3 Å². The second kappa shape index (κ2) is 64.0. The Hall–Kier alpha value is -5.94. The number of hydrogen-bond acceptors (Lipinski definition) is 15. The van der Waals surface area contributed by atoms with E-state index in [1.807, 2.05) is 98.7 Å². The standard InChI is InChI=1S/C22H32O3.C21H34O2.C18H30O4.C15H24O3.C14H22O3.10CH4/c1-4-15(2)19-5-6-20(21(10-19)23-3)24-14-25-22-11-16-7-17(12-22)9-18(8-16)13-22;1-5-16(2)20-11-12-21(17(3)15-20)23-18(4)22-14-13-19-9-7-6-8-10-19;1-7-13(4)16-10-11-17(21-14(5)19-8-2)18(12-16)22-15(6)20-9-3;1-6-11(3)13-8-9-14(15(10-13)16-5)18-12(4)17-7-2;1-5-10(3)12-7-8-14(13(15)9-12)17-11(4)16-6-2;;;;;;;;;;/h5-6,10,15-18H,4,7-9,11-14H2,1-3H3;11-12,15-16,18-19H,5-10,13-14H2,1-4H3;10-15H,7-9H2,1-6H3;8-12H,6-7H2,1-5H3;7-11,15H,5-6H2,1-4H3;10*1H4. The highest BCUT2D eigenvalue weighted by atomic mass is 16.7. The molecule has 5 aliphatic carbocycles. The number of hydrogen-bond donors (Lipinski definition) is 1. The summed E-state index contributed by atoms with van der Waals surface area (Å²) in [7, 11) is 3.37. The maximum Gasteiger partial charge on any atom is 0.197 e. The topological polar surface area (TPSA) is 149 Å². The molecule has 0 saturated heterocycles. The molecular weight excluding hydrogens is 1440 g/mol. The van der Waals surface area contributed by atoms with E-state index in [9.17, 15) is 5.11 Å². The van der Waals surface area contributed by atoms with Crippen molar-refractivity contribution in [3.63, 3.8) is 0 Å². The fraction of sp³-hybridized carbons (Fsp3) is 0.700. The van der Waals surface area contributed by atoms with Crippen molar-refractivity contribution in [1.29, 1.82) is 0 Å². The first-order valence-corrected chi connectivity index (χ1v) is 40.5. The molecule has 115 heavy (non-hydrogen) atoms.